The number of hydrogen-bond acceptors (Lipinski definition) is 4. The largest absolute Gasteiger partial charge is 0.481 e. The van der Waals surface area contributed by atoms with Gasteiger partial charge in [0.2, 0.25) is 0 Å². The lowest BCUT2D eigenvalue weighted by Gasteiger charge is -2.17. The Kier molecular flexibility index (Phi) is 4.83. The van der Waals surface area contributed by atoms with Gasteiger partial charge >= 0.3 is 12.0 Å². The van der Waals surface area contributed by atoms with E-state index in [4.69, 9.17) is 9.84 Å². The lowest BCUT2D eigenvalue weighted by molar-refractivity contribution is -0.141. The number of nitrogens with one attached hydrogen (secondary N) is 1. The van der Waals surface area contributed by atoms with Crippen LogP contribution in [0.3, 0.4) is 0 Å². The van der Waals surface area contributed by atoms with Gasteiger partial charge in [0.15, 0.2) is 0 Å². The molecule has 25 heavy (non-hydrogen) atoms. The van der Waals surface area contributed by atoms with Gasteiger partial charge in [-0.3, -0.25) is 9.78 Å². The summed E-state index contributed by atoms with van der Waals surface area (Å²) in [5.41, 5.74) is 1.51. The van der Waals surface area contributed by atoms with Gasteiger partial charge in [-0.05, 0) is 49.2 Å². The lowest BCUT2D eigenvalue weighted by atomic mass is 10.1. The second kappa shape index (κ2) is 7.21. The standard InChI is InChI=1S/C18H19N3O4/c1-12-9-14(4-5-16(12)25-15-3-2-7-19-10-15)20-18(24)21-8-6-13(11-21)17(22)23/h2-5,7,9-10,13H,6,8,11H2,1H3,(H,20,24)(H,22,23). The maximum Gasteiger partial charge on any atom is 0.321 e. The minimum absolute atomic E-state index is 0.238. The van der Waals surface area contributed by atoms with Gasteiger partial charge in [0.25, 0.3) is 0 Å². The number of benzene rings is 1. The number of aromatic nitrogens is 1. The van der Waals surface area contributed by atoms with Crippen molar-refractivity contribution < 1.29 is 19.4 Å². The van der Waals surface area contributed by atoms with E-state index in [2.05, 4.69) is 10.3 Å². The number of likely N-dealkylation sites (tertiary alicyclic amines) is 1. The summed E-state index contributed by atoms with van der Waals surface area (Å²) in [6.45, 7) is 2.57. The third-order valence-electron chi connectivity index (χ3n) is 4.11. The van der Waals surface area contributed by atoms with Crippen LogP contribution in [0.5, 0.6) is 11.5 Å². The maximum atomic E-state index is 12.3. The number of ether oxygens (including phenoxy) is 1. The lowest BCUT2D eigenvalue weighted by Crippen LogP contribution is -2.33. The fourth-order valence-corrected chi connectivity index (χ4v) is 2.72. The van der Waals surface area contributed by atoms with E-state index in [9.17, 15) is 9.59 Å². The van der Waals surface area contributed by atoms with Gasteiger partial charge in [-0.1, -0.05) is 0 Å². The molecule has 2 heterocycles. The number of aryl methyl sites for hydroxylation is 1. The summed E-state index contributed by atoms with van der Waals surface area (Å²) in [7, 11) is 0. The molecule has 0 aliphatic carbocycles. The molecule has 1 saturated heterocycles. The first-order chi connectivity index (χ1) is 12.0. The van der Waals surface area contributed by atoms with Crippen LogP contribution in [0.2, 0.25) is 0 Å². The summed E-state index contributed by atoms with van der Waals surface area (Å²) in [5, 5.41) is 11.8. The molecule has 0 saturated carbocycles. The number of anilines is 1. The zero-order chi connectivity index (χ0) is 17.8. The third kappa shape index (κ3) is 4.06. The SMILES string of the molecule is Cc1cc(NC(=O)N2CCC(C(=O)O)C2)ccc1Oc1cccnc1. The molecule has 1 fully saturated rings. The fourth-order valence-electron chi connectivity index (χ4n) is 2.72. The molecule has 2 aromatic rings. The van der Waals surface area contributed by atoms with Crippen LogP contribution >= 0.6 is 0 Å². The van der Waals surface area contributed by atoms with Crippen LogP contribution in [0.4, 0.5) is 10.5 Å². The average Bonchev–Trinajstić information content (AvgIpc) is 3.09. The Labute approximate surface area is 145 Å². The summed E-state index contributed by atoms with van der Waals surface area (Å²) in [4.78, 5) is 28.8. The van der Waals surface area contributed by atoms with Gasteiger partial charge in [-0.25, -0.2) is 4.79 Å². The molecule has 130 valence electrons. The molecule has 3 rings (SSSR count). The normalized spacial score (nSPS) is 16.5. The summed E-state index contributed by atoms with van der Waals surface area (Å²) in [6.07, 6.45) is 3.78. The Morgan fingerprint density at radius 1 is 1.36 bits per heavy atom. The number of urea groups is 1. The third-order valence-corrected chi connectivity index (χ3v) is 4.11. The number of nitrogens with zero attached hydrogens (tertiary/aromatic N) is 2. The highest BCUT2D eigenvalue weighted by atomic mass is 16.5. The number of carboxylic acid groups (broad SMARTS) is 1. The number of rotatable bonds is 4. The van der Waals surface area contributed by atoms with E-state index in [1.165, 1.54) is 4.90 Å². The Balaban J connectivity index is 1.63. The topological polar surface area (TPSA) is 91.8 Å². The Morgan fingerprint density at radius 3 is 2.84 bits per heavy atom. The van der Waals surface area contributed by atoms with Gasteiger partial charge in [-0.15, -0.1) is 0 Å². The maximum absolute atomic E-state index is 12.3. The van der Waals surface area contributed by atoms with Crippen molar-refractivity contribution in [2.75, 3.05) is 18.4 Å². The van der Waals surface area contributed by atoms with E-state index in [1.54, 1.807) is 30.6 Å². The molecule has 0 radical (unpaired) electrons. The van der Waals surface area contributed by atoms with E-state index in [0.29, 0.717) is 30.2 Å². The minimum Gasteiger partial charge on any atom is -0.481 e. The Morgan fingerprint density at radius 2 is 2.20 bits per heavy atom. The highest BCUT2D eigenvalue weighted by molar-refractivity contribution is 5.90. The monoisotopic (exact) mass is 341 g/mol. The molecule has 1 unspecified atom stereocenters. The van der Waals surface area contributed by atoms with Gasteiger partial charge in [-0.2, -0.15) is 0 Å². The first-order valence-corrected chi connectivity index (χ1v) is 8.00. The molecule has 2 N–H and O–H groups in total. The second-order valence-electron chi connectivity index (χ2n) is 5.97. The van der Waals surface area contributed by atoms with Gasteiger partial charge in [0.05, 0.1) is 12.1 Å². The number of amides is 2. The van der Waals surface area contributed by atoms with Crippen molar-refractivity contribution in [1.29, 1.82) is 0 Å². The van der Waals surface area contributed by atoms with Crippen LogP contribution in [0.1, 0.15) is 12.0 Å². The van der Waals surface area contributed by atoms with E-state index < -0.39 is 11.9 Å². The van der Waals surface area contributed by atoms with Gasteiger partial charge in [0, 0.05) is 25.0 Å². The summed E-state index contributed by atoms with van der Waals surface area (Å²) >= 11 is 0. The number of aliphatic carboxylic acids is 1. The molecule has 2 amide bonds. The summed E-state index contributed by atoms with van der Waals surface area (Å²) in [6, 6.07) is 8.66. The van der Waals surface area contributed by atoms with Gasteiger partial charge < -0.3 is 20.1 Å². The minimum atomic E-state index is -0.858. The molecule has 7 heteroatoms. The van der Waals surface area contributed by atoms with Crippen LogP contribution < -0.4 is 10.1 Å². The number of carbonyl (C=O) groups excluding carboxylic acids is 1. The first-order valence-electron chi connectivity index (χ1n) is 8.00. The van der Waals surface area contributed by atoms with Crippen molar-refractivity contribution in [2.24, 2.45) is 5.92 Å². The quantitative estimate of drug-likeness (QED) is 0.891. The van der Waals surface area contributed by atoms with Crippen molar-refractivity contribution in [3.05, 3.63) is 48.3 Å². The van der Waals surface area contributed by atoms with E-state index in [1.807, 2.05) is 19.1 Å². The van der Waals surface area contributed by atoms with Crippen molar-refractivity contribution in [2.45, 2.75) is 13.3 Å². The van der Waals surface area contributed by atoms with Crippen molar-refractivity contribution in [3.63, 3.8) is 0 Å². The van der Waals surface area contributed by atoms with E-state index in [-0.39, 0.29) is 12.6 Å². The molecule has 0 spiro atoms. The average molecular weight is 341 g/mol. The smallest absolute Gasteiger partial charge is 0.321 e. The Hall–Kier alpha value is -3.09. The summed E-state index contributed by atoms with van der Waals surface area (Å²) in [5.74, 6) is -0.0249. The fraction of sp³-hybridized carbons (Fsp3) is 0.278. The number of hydrogen-bond donors (Lipinski definition) is 2. The second-order valence-corrected chi connectivity index (χ2v) is 5.97. The van der Waals surface area contributed by atoms with Crippen molar-refractivity contribution in [3.8, 4) is 11.5 Å². The van der Waals surface area contributed by atoms with Gasteiger partial charge in [0.1, 0.15) is 11.5 Å². The molecule has 1 aromatic heterocycles. The molecule has 1 atom stereocenters. The zero-order valence-electron chi connectivity index (χ0n) is 13.8. The van der Waals surface area contributed by atoms with Crippen molar-refractivity contribution >= 4 is 17.7 Å². The molecule has 1 aliphatic rings. The number of carbonyl (C=O) groups is 2. The molecule has 1 aromatic carbocycles. The predicted molar refractivity (Wildman–Crippen MR) is 91.8 cm³/mol. The molecule has 1 aliphatic heterocycles. The highest BCUT2D eigenvalue weighted by Gasteiger charge is 2.30. The van der Waals surface area contributed by atoms with Crippen LogP contribution in [-0.2, 0) is 4.79 Å². The number of pyridine rings is 1. The molecular weight excluding hydrogens is 322 g/mol. The van der Waals surface area contributed by atoms with Crippen LogP contribution in [0.25, 0.3) is 0 Å². The predicted octanol–water partition coefficient (Wildman–Crippen LogP) is 3.12. The van der Waals surface area contributed by atoms with Crippen LogP contribution in [0, 0.1) is 12.8 Å². The molecule has 0 bridgehead atoms. The van der Waals surface area contributed by atoms with Crippen LogP contribution in [-0.4, -0.2) is 40.1 Å². The van der Waals surface area contributed by atoms with E-state index in [0.717, 1.165) is 5.56 Å². The molecule has 7 nitrogen and oxygen atoms in total. The highest BCUT2D eigenvalue weighted by Crippen LogP contribution is 2.27. The molecular formula is C18H19N3O4. The van der Waals surface area contributed by atoms with E-state index >= 15 is 0 Å². The Bertz CT molecular complexity index is 779. The first kappa shape index (κ1) is 16.8. The summed E-state index contributed by atoms with van der Waals surface area (Å²) < 4.78 is 5.76. The van der Waals surface area contributed by atoms with Crippen molar-refractivity contribution in [1.82, 2.24) is 9.88 Å². The van der Waals surface area contributed by atoms with Crippen LogP contribution in [0.15, 0.2) is 42.7 Å². The number of carboxylic acids is 1. The zero-order valence-corrected chi connectivity index (χ0v) is 13.8.